The lowest BCUT2D eigenvalue weighted by Gasteiger charge is -2.40. The monoisotopic (exact) mass is 186 g/mol. The van der Waals surface area contributed by atoms with E-state index in [0.29, 0.717) is 6.42 Å². The molecule has 0 radical (unpaired) electrons. The molecule has 0 spiro atoms. The van der Waals surface area contributed by atoms with E-state index in [1.54, 1.807) is 6.92 Å². The number of carboxylic acid groups (broad SMARTS) is 1. The molecule has 0 aromatic carbocycles. The second-order valence-electron chi connectivity index (χ2n) is 4.20. The van der Waals surface area contributed by atoms with Gasteiger partial charge in [-0.15, -0.1) is 0 Å². The topological polar surface area (TPSA) is 57.5 Å². The second kappa shape index (κ2) is 3.66. The average Bonchev–Trinajstić information content (AvgIpc) is 2.09. The first-order valence-electron chi connectivity index (χ1n) is 4.93. The Morgan fingerprint density at radius 2 is 2.15 bits per heavy atom. The molecule has 1 rings (SSSR count). The number of aliphatic hydroxyl groups is 1. The third kappa shape index (κ3) is 1.85. The van der Waals surface area contributed by atoms with Crippen molar-refractivity contribution in [3.63, 3.8) is 0 Å². The summed E-state index contributed by atoms with van der Waals surface area (Å²) in [5.74, 6) is -1.44. The Kier molecular flexibility index (Phi) is 2.96. The minimum absolute atomic E-state index is 0.104. The van der Waals surface area contributed by atoms with Crippen LogP contribution >= 0.6 is 0 Å². The summed E-state index contributed by atoms with van der Waals surface area (Å²) in [5.41, 5.74) is -0.982. The first kappa shape index (κ1) is 10.5. The number of hydrogen-bond donors (Lipinski definition) is 2. The molecule has 0 amide bonds. The molecule has 3 atom stereocenters. The molecular weight excluding hydrogens is 168 g/mol. The van der Waals surface area contributed by atoms with Crippen LogP contribution in [-0.4, -0.2) is 21.8 Å². The molecule has 13 heavy (non-hydrogen) atoms. The van der Waals surface area contributed by atoms with E-state index in [-0.39, 0.29) is 5.92 Å². The van der Waals surface area contributed by atoms with Crippen molar-refractivity contribution in [2.24, 2.45) is 11.8 Å². The van der Waals surface area contributed by atoms with Gasteiger partial charge in [-0.25, -0.2) is 0 Å². The van der Waals surface area contributed by atoms with Gasteiger partial charge in [0.05, 0.1) is 11.5 Å². The van der Waals surface area contributed by atoms with E-state index >= 15 is 0 Å². The van der Waals surface area contributed by atoms with Crippen LogP contribution in [0.25, 0.3) is 0 Å². The number of carbonyl (C=O) groups is 1. The van der Waals surface area contributed by atoms with Gasteiger partial charge in [-0.05, 0) is 25.7 Å². The molecule has 1 aliphatic rings. The molecule has 3 nitrogen and oxygen atoms in total. The van der Waals surface area contributed by atoms with E-state index in [1.807, 2.05) is 6.92 Å². The number of hydrogen-bond acceptors (Lipinski definition) is 2. The lowest BCUT2D eigenvalue weighted by Crippen LogP contribution is -2.48. The Morgan fingerprint density at radius 3 is 2.62 bits per heavy atom. The fourth-order valence-electron chi connectivity index (χ4n) is 2.21. The maximum atomic E-state index is 10.8. The van der Waals surface area contributed by atoms with Gasteiger partial charge in [-0.1, -0.05) is 19.8 Å². The summed E-state index contributed by atoms with van der Waals surface area (Å²) in [4.78, 5) is 10.8. The molecular formula is C10H18O3. The van der Waals surface area contributed by atoms with E-state index in [9.17, 15) is 9.90 Å². The van der Waals surface area contributed by atoms with Crippen LogP contribution in [-0.2, 0) is 4.79 Å². The molecule has 0 heterocycles. The SMILES string of the molecule is CC1CCCCC1(O)C(C)C(=O)O. The zero-order chi connectivity index (χ0) is 10.1. The molecule has 0 aliphatic heterocycles. The van der Waals surface area contributed by atoms with Gasteiger partial charge in [0.1, 0.15) is 0 Å². The minimum Gasteiger partial charge on any atom is -0.481 e. The Bertz CT molecular complexity index is 202. The molecule has 0 aromatic heterocycles. The van der Waals surface area contributed by atoms with Crippen molar-refractivity contribution in [2.45, 2.75) is 45.1 Å². The van der Waals surface area contributed by atoms with E-state index < -0.39 is 17.5 Å². The van der Waals surface area contributed by atoms with Crippen molar-refractivity contribution in [1.82, 2.24) is 0 Å². The smallest absolute Gasteiger partial charge is 0.309 e. The summed E-state index contributed by atoms with van der Waals surface area (Å²) in [6, 6.07) is 0. The minimum atomic E-state index is -0.982. The molecule has 1 saturated carbocycles. The Morgan fingerprint density at radius 1 is 1.54 bits per heavy atom. The van der Waals surface area contributed by atoms with Crippen LogP contribution in [0, 0.1) is 11.8 Å². The van der Waals surface area contributed by atoms with Crippen molar-refractivity contribution in [2.75, 3.05) is 0 Å². The zero-order valence-electron chi connectivity index (χ0n) is 8.29. The third-order valence-electron chi connectivity index (χ3n) is 3.44. The lowest BCUT2D eigenvalue weighted by atomic mass is 9.70. The van der Waals surface area contributed by atoms with Gasteiger partial charge in [0, 0.05) is 0 Å². The maximum absolute atomic E-state index is 10.8. The van der Waals surface area contributed by atoms with Crippen LogP contribution in [0.15, 0.2) is 0 Å². The fourth-order valence-corrected chi connectivity index (χ4v) is 2.21. The second-order valence-corrected chi connectivity index (χ2v) is 4.20. The van der Waals surface area contributed by atoms with Crippen molar-refractivity contribution < 1.29 is 15.0 Å². The molecule has 1 fully saturated rings. The Balaban J connectivity index is 2.77. The first-order chi connectivity index (χ1) is 5.98. The van der Waals surface area contributed by atoms with Gasteiger partial charge >= 0.3 is 5.97 Å². The summed E-state index contributed by atoms with van der Waals surface area (Å²) >= 11 is 0. The highest BCUT2D eigenvalue weighted by atomic mass is 16.4. The summed E-state index contributed by atoms with van der Waals surface area (Å²) in [5, 5.41) is 19.1. The summed E-state index contributed by atoms with van der Waals surface area (Å²) in [6.45, 7) is 3.54. The van der Waals surface area contributed by atoms with Gasteiger partial charge in [-0.3, -0.25) is 4.79 Å². The maximum Gasteiger partial charge on any atom is 0.309 e. The Labute approximate surface area is 78.8 Å². The summed E-state index contributed by atoms with van der Waals surface area (Å²) in [6.07, 6.45) is 3.62. The summed E-state index contributed by atoms with van der Waals surface area (Å²) < 4.78 is 0. The number of carboxylic acids is 1. The highest BCUT2D eigenvalue weighted by Crippen LogP contribution is 2.38. The summed E-state index contributed by atoms with van der Waals surface area (Å²) in [7, 11) is 0. The quantitative estimate of drug-likeness (QED) is 0.689. The van der Waals surface area contributed by atoms with Crippen LogP contribution in [0.4, 0.5) is 0 Å². The average molecular weight is 186 g/mol. The number of rotatable bonds is 2. The molecule has 3 heteroatoms. The number of aliphatic carboxylic acids is 1. The molecule has 3 unspecified atom stereocenters. The standard InChI is InChI=1S/C10H18O3/c1-7-5-3-4-6-10(7,13)8(2)9(11)12/h7-8,13H,3-6H2,1-2H3,(H,11,12). The highest BCUT2D eigenvalue weighted by molar-refractivity contribution is 5.71. The lowest BCUT2D eigenvalue weighted by molar-refractivity contribution is -0.158. The first-order valence-corrected chi connectivity index (χ1v) is 4.93. The van der Waals surface area contributed by atoms with Crippen LogP contribution in [0.1, 0.15) is 39.5 Å². The molecule has 0 saturated heterocycles. The van der Waals surface area contributed by atoms with Gasteiger partial charge in [0.15, 0.2) is 0 Å². The van der Waals surface area contributed by atoms with Gasteiger partial charge in [0.25, 0.3) is 0 Å². The van der Waals surface area contributed by atoms with Crippen LogP contribution in [0.5, 0.6) is 0 Å². The van der Waals surface area contributed by atoms with E-state index in [1.165, 1.54) is 0 Å². The van der Waals surface area contributed by atoms with E-state index in [4.69, 9.17) is 5.11 Å². The van der Waals surface area contributed by atoms with E-state index in [2.05, 4.69) is 0 Å². The Hall–Kier alpha value is -0.570. The third-order valence-corrected chi connectivity index (χ3v) is 3.44. The predicted octanol–water partition coefficient (Wildman–Crippen LogP) is 1.65. The van der Waals surface area contributed by atoms with Crippen molar-refractivity contribution in [1.29, 1.82) is 0 Å². The van der Waals surface area contributed by atoms with Crippen LogP contribution in [0.2, 0.25) is 0 Å². The van der Waals surface area contributed by atoms with Gasteiger partial charge in [0.2, 0.25) is 0 Å². The van der Waals surface area contributed by atoms with Crippen molar-refractivity contribution >= 4 is 5.97 Å². The predicted molar refractivity (Wildman–Crippen MR) is 49.4 cm³/mol. The molecule has 0 aromatic rings. The van der Waals surface area contributed by atoms with Crippen molar-refractivity contribution in [3.05, 3.63) is 0 Å². The fraction of sp³-hybridized carbons (Fsp3) is 0.900. The molecule has 0 bridgehead atoms. The van der Waals surface area contributed by atoms with E-state index in [0.717, 1.165) is 19.3 Å². The van der Waals surface area contributed by atoms with Crippen LogP contribution in [0.3, 0.4) is 0 Å². The normalized spacial score (nSPS) is 37.0. The van der Waals surface area contributed by atoms with Crippen LogP contribution < -0.4 is 0 Å². The van der Waals surface area contributed by atoms with Crippen molar-refractivity contribution in [3.8, 4) is 0 Å². The van der Waals surface area contributed by atoms with Gasteiger partial charge in [-0.2, -0.15) is 0 Å². The zero-order valence-corrected chi connectivity index (χ0v) is 8.29. The largest absolute Gasteiger partial charge is 0.481 e. The molecule has 2 N–H and O–H groups in total. The highest BCUT2D eigenvalue weighted by Gasteiger charge is 2.43. The van der Waals surface area contributed by atoms with Gasteiger partial charge < -0.3 is 10.2 Å². The molecule has 76 valence electrons. The molecule has 1 aliphatic carbocycles.